The Hall–Kier alpha value is -1.39. The molecule has 1 saturated heterocycles. The highest BCUT2D eigenvalue weighted by atomic mass is 16.2. The number of carbonyl (C=O) groups excluding carboxylic acids is 1. The molecule has 0 bridgehead atoms. The molecule has 0 aromatic heterocycles. The zero-order valence-corrected chi connectivity index (χ0v) is 14.4. The molecule has 2 aliphatic heterocycles. The molecule has 3 rings (SSSR count). The Balaban J connectivity index is 1.56. The fourth-order valence-corrected chi connectivity index (χ4v) is 3.84. The number of anilines is 1. The molecule has 4 heteroatoms. The van der Waals surface area contributed by atoms with Crippen LogP contribution in [-0.2, 0) is 11.2 Å². The summed E-state index contributed by atoms with van der Waals surface area (Å²) in [7, 11) is 4.28. The number of nitrogens with zero attached hydrogens (tertiary/aromatic N) is 2. The van der Waals surface area contributed by atoms with Crippen LogP contribution >= 0.6 is 0 Å². The van der Waals surface area contributed by atoms with E-state index < -0.39 is 0 Å². The molecule has 0 spiro atoms. The lowest BCUT2D eigenvalue weighted by molar-refractivity contribution is -0.122. The Morgan fingerprint density at radius 2 is 1.91 bits per heavy atom. The molecule has 1 N–H and O–H groups in total. The molecule has 0 saturated carbocycles. The van der Waals surface area contributed by atoms with Crippen LogP contribution in [0.15, 0.2) is 24.3 Å². The van der Waals surface area contributed by atoms with Gasteiger partial charge in [-0.1, -0.05) is 18.2 Å². The number of piperidine rings is 1. The summed E-state index contributed by atoms with van der Waals surface area (Å²) in [5, 5.41) is 3.13. The topological polar surface area (TPSA) is 35.6 Å². The van der Waals surface area contributed by atoms with Gasteiger partial charge >= 0.3 is 0 Å². The Morgan fingerprint density at radius 1 is 1.17 bits per heavy atom. The van der Waals surface area contributed by atoms with Gasteiger partial charge in [0.2, 0.25) is 5.91 Å². The number of likely N-dealkylation sites (tertiary alicyclic amines) is 1. The molecular weight excluding hydrogens is 286 g/mol. The summed E-state index contributed by atoms with van der Waals surface area (Å²) in [5.74, 6) is 1.00. The fraction of sp³-hybridized carbons (Fsp3) is 0.632. The van der Waals surface area contributed by atoms with E-state index in [0.29, 0.717) is 0 Å². The van der Waals surface area contributed by atoms with Gasteiger partial charge in [0.25, 0.3) is 0 Å². The number of nitrogens with one attached hydrogen (secondary N) is 1. The first-order chi connectivity index (χ1) is 11.1. The molecule has 0 aliphatic carbocycles. The van der Waals surface area contributed by atoms with Crippen LogP contribution in [-0.4, -0.2) is 55.5 Å². The first-order valence-corrected chi connectivity index (χ1v) is 8.91. The van der Waals surface area contributed by atoms with Gasteiger partial charge in [-0.15, -0.1) is 0 Å². The monoisotopic (exact) mass is 315 g/mol. The minimum absolute atomic E-state index is 0.0391. The minimum Gasteiger partial charge on any atom is -0.324 e. The Morgan fingerprint density at radius 3 is 2.65 bits per heavy atom. The van der Waals surface area contributed by atoms with Gasteiger partial charge in [0.1, 0.15) is 0 Å². The van der Waals surface area contributed by atoms with Crippen molar-refractivity contribution in [1.29, 1.82) is 0 Å². The third-order valence-corrected chi connectivity index (χ3v) is 5.34. The van der Waals surface area contributed by atoms with E-state index in [9.17, 15) is 4.79 Å². The summed E-state index contributed by atoms with van der Waals surface area (Å²) in [4.78, 5) is 17.3. The van der Waals surface area contributed by atoms with Crippen molar-refractivity contribution in [1.82, 2.24) is 9.80 Å². The molecule has 1 amide bonds. The van der Waals surface area contributed by atoms with Gasteiger partial charge < -0.3 is 10.2 Å². The normalized spacial score (nSPS) is 23.4. The standard InChI is InChI=1S/C19H29N3O/c1-21(2)12-9-15-10-13-22(14-11-15)18-8-7-16-5-3-4-6-17(16)20-19(18)23/h3-6,15,18H,7-14H2,1-2H3,(H,20,23). The number of benzene rings is 1. The number of hydrogen-bond donors (Lipinski definition) is 1. The maximum absolute atomic E-state index is 12.6. The molecule has 1 fully saturated rings. The second-order valence-electron chi connectivity index (χ2n) is 7.27. The summed E-state index contributed by atoms with van der Waals surface area (Å²) in [6, 6.07) is 8.24. The average Bonchev–Trinajstić information content (AvgIpc) is 2.72. The van der Waals surface area contributed by atoms with Gasteiger partial charge in [-0.25, -0.2) is 0 Å². The van der Waals surface area contributed by atoms with Crippen LogP contribution in [0.3, 0.4) is 0 Å². The van der Waals surface area contributed by atoms with E-state index >= 15 is 0 Å². The minimum atomic E-state index is 0.0391. The number of hydrogen-bond acceptors (Lipinski definition) is 3. The second kappa shape index (κ2) is 7.45. The predicted molar refractivity (Wildman–Crippen MR) is 94.6 cm³/mol. The summed E-state index contributed by atoms with van der Waals surface area (Å²) < 4.78 is 0. The van der Waals surface area contributed by atoms with Gasteiger partial charge in [-0.3, -0.25) is 9.69 Å². The van der Waals surface area contributed by atoms with Gasteiger partial charge in [-0.2, -0.15) is 0 Å². The Kier molecular flexibility index (Phi) is 5.34. The molecule has 1 atom stereocenters. The van der Waals surface area contributed by atoms with Gasteiger partial charge in [0.15, 0.2) is 0 Å². The lowest BCUT2D eigenvalue weighted by atomic mass is 9.92. The number of aryl methyl sites for hydroxylation is 1. The van der Waals surface area contributed by atoms with Crippen molar-refractivity contribution in [2.45, 2.75) is 38.1 Å². The van der Waals surface area contributed by atoms with E-state index in [0.717, 1.165) is 37.5 Å². The van der Waals surface area contributed by atoms with Crippen molar-refractivity contribution in [2.24, 2.45) is 5.92 Å². The maximum atomic E-state index is 12.6. The van der Waals surface area contributed by atoms with Crippen molar-refractivity contribution in [3.63, 3.8) is 0 Å². The van der Waals surface area contributed by atoms with Crippen LogP contribution in [0.5, 0.6) is 0 Å². The predicted octanol–water partition coefficient (Wildman–Crippen LogP) is 2.60. The molecular formula is C19H29N3O. The first kappa shape index (κ1) is 16.5. The van der Waals surface area contributed by atoms with Crippen LogP contribution < -0.4 is 5.32 Å². The molecule has 4 nitrogen and oxygen atoms in total. The highest BCUT2D eigenvalue weighted by Gasteiger charge is 2.31. The fourth-order valence-electron chi connectivity index (χ4n) is 3.84. The number of fused-ring (bicyclic) bond motifs is 1. The average molecular weight is 315 g/mol. The van der Waals surface area contributed by atoms with E-state index in [1.54, 1.807) is 0 Å². The largest absolute Gasteiger partial charge is 0.324 e. The summed E-state index contributed by atoms with van der Waals surface area (Å²) in [5.41, 5.74) is 2.27. The SMILES string of the molecule is CN(C)CCC1CCN(C2CCc3ccccc3NC2=O)CC1. The van der Waals surface area contributed by atoms with E-state index in [1.807, 2.05) is 12.1 Å². The molecule has 2 heterocycles. The summed E-state index contributed by atoms with van der Waals surface area (Å²) >= 11 is 0. The van der Waals surface area contributed by atoms with Crippen LogP contribution in [0.1, 0.15) is 31.2 Å². The van der Waals surface area contributed by atoms with Crippen LogP contribution in [0.25, 0.3) is 0 Å². The van der Waals surface area contributed by atoms with Crippen LogP contribution in [0.2, 0.25) is 0 Å². The zero-order chi connectivity index (χ0) is 16.2. The van der Waals surface area contributed by atoms with Crippen molar-refractivity contribution >= 4 is 11.6 Å². The number of amides is 1. The van der Waals surface area contributed by atoms with Gasteiger partial charge in [-0.05, 0) is 83.4 Å². The third-order valence-electron chi connectivity index (χ3n) is 5.34. The third kappa shape index (κ3) is 4.12. The second-order valence-corrected chi connectivity index (χ2v) is 7.27. The molecule has 0 radical (unpaired) electrons. The summed E-state index contributed by atoms with van der Waals surface area (Å²) in [6.45, 7) is 3.29. The van der Waals surface area contributed by atoms with Crippen molar-refractivity contribution in [3.05, 3.63) is 29.8 Å². The van der Waals surface area contributed by atoms with E-state index in [4.69, 9.17) is 0 Å². The summed E-state index contributed by atoms with van der Waals surface area (Å²) in [6.07, 6.45) is 5.66. The lowest BCUT2D eigenvalue weighted by Gasteiger charge is -2.36. The van der Waals surface area contributed by atoms with Crippen molar-refractivity contribution in [2.75, 3.05) is 39.0 Å². The molecule has 126 valence electrons. The van der Waals surface area contributed by atoms with Gasteiger partial charge in [0, 0.05) is 5.69 Å². The zero-order valence-electron chi connectivity index (χ0n) is 14.4. The number of para-hydroxylation sites is 1. The molecule has 23 heavy (non-hydrogen) atoms. The highest BCUT2D eigenvalue weighted by molar-refractivity contribution is 5.96. The molecule has 1 aromatic rings. The number of carbonyl (C=O) groups is 1. The molecule has 2 aliphatic rings. The van der Waals surface area contributed by atoms with E-state index in [2.05, 4.69) is 41.3 Å². The van der Waals surface area contributed by atoms with Gasteiger partial charge in [0.05, 0.1) is 6.04 Å². The van der Waals surface area contributed by atoms with Crippen molar-refractivity contribution < 1.29 is 4.79 Å². The van der Waals surface area contributed by atoms with Crippen LogP contribution in [0, 0.1) is 5.92 Å². The smallest absolute Gasteiger partial charge is 0.241 e. The number of rotatable bonds is 4. The first-order valence-electron chi connectivity index (χ1n) is 8.91. The highest BCUT2D eigenvalue weighted by Crippen LogP contribution is 2.27. The quantitative estimate of drug-likeness (QED) is 0.928. The molecule has 1 aromatic carbocycles. The van der Waals surface area contributed by atoms with E-state index in [1.165, 1.54) is 31.4 Å². The van der Waals surface area contributed by atoms with Crippen LogP contribution in [0.4, 0.5) is 5.69 Å². The lowest BCUT2D eigenvalue weighted by Crippen LogP contribution is -2.47. The van der Waals surface area contributed by atoms with E-state index in [-0.39, 0.29) is 11.9 Å². The van der Waals surface area contributed by atoms with Crippen molar-refractivity contribution in [3.8, 4) is 0 Å². The maximum Gasteiger partial charge on any atom is 0.241 e. The molecule has 1 unspecified atom stereocenters. The Labute approximate surface area is 139 Å². The Bertz CT molecular complexity index is 535.